The van der Waals surface area contributed by atoms with E-state index in [9.17, 15) is 4.39 Å². The zero-order valence-corrected chi connectivity index (χ0v) is 10.3. The monoisotopic (exact) mass is 247 g/mol. The van der Waals surface area contributed by atoms with E-state index < -0.39 is 0 Å². The van der Waals surface area contributed by atoms with Crippen molar-refractivity contribution >= 4 is 0 Å². The number of rotatable bonds is 4. The molecule has 4 heteroatoms. The Morgan fingerprint density at radius 3 is 2.78 bits per heavy atom. The number of aromatic nitrogens is 1. The normalized spacial score (nSPS) is 10.2. The summed E-state index contributed by atoms with van der Waals surface area (Å²) in [6.07, 6.45) is 1.68. The van der Waals surface area contributed by atoms with Gasteiger partial charge in [0, 0.05) is 18.3 Å². The Morgan fingerprint density at radius 2 is 2.06 bits per heavy atom. The highest BCUT2D eigenvalue weighted by Gasteiger charge is 2.03. The third-order valence-electron chi connectivity index (χ3n) is 2.44. The molecule has 94 valence electrons. The molecule has 1 heterocycles. The van der Waals surface area contributed by atoms with Gasteiger partial charge in [-0.3, -0.25) is 0 Å². The molecule has 0 aliphatic rings. The lowest BCUT2D eigenvalue weighted by molar-refractivity contribution is 0.292. The second-order valence-corrected chi connectivity index (χ2v) is 3.96. The van der Waals surface area contributed by atoms with Gasteiger partial charge in [0.15, 0.2) is 0 Å². The first kappa shape index (κ1) is 12.4. The summed E-state index contributed by atoms with van der Waals surface area (Å²) < 4.78 is 23.7. The Bertz CT molecular complexity index is 543. The third kappa shape index (κ3) is 3.20. The molecule has 1 aromatic carbocycles. The average molecular weight is 247 g/mol. The van der Waals surface area contributed by atoms with Gasteiger partial charge in [-0.25, -0.2) is 9.37 Å². The zero-order chi connectivity index (χ0) is 13.0. The van der Waals surface area contributed by atoms with Gasteiger partial charge in [0.25, 0.3) is 0 Å². The minimum atomic E-state index is -0.342. The highest BCUT2D eigenvalue weighted by Crippen LogP contribution is 2.17. The third-order valence-corrected chi connectivity index (χ3v) is 2.44. The Kier molecular flexibility index (Phi) is 3.77. The van der Waals surface area contributed by atoms with Gasteiger partial charge in [-0.1, -0.05) is 0 Å². The van der Waals surface area contributed by atoms with E-state index in [1.807, 2.05) is 19.1 Å². The van der Waals surface area contributed by atoms with Crippen molar-refractivity contribution in [2.45, 2.75) is 13.5 Å². The number of halogens is 1. The van der Waals surface area contributed by atoms with Crippen LogP contribution in [0.5, 0.6) is 11.6 Å². The number of hydrogen-bond donors (Lipinski definition) is 0. The first-order chi connectivity index (χ1) is 8.67. The minimum absolute atomic E-state index is 0.255. The number of ether oxygens (including phenoxy) is 2. The first-order valence-electron chi connectivity index (χ1n) is 5.56. The predicted octanol–water partition coefficient (Wildman–Crippen LogP) is 3.12. The van der Waals surface area contributed by atoms with E-state index in [4.69, 9.17) is 9.47 Å². The van der Waals surface area contributed by atoms with E-state index in [0.29, 0.717) is 17.2 Å². The van der Waals surface area contributed by atoms with E-state index in [-0.39, 0.29) is 12.4 Å². The lowest BCUT2D eigenvalue weighted by Crippen LogP contribution is -1.98. The fraction of sp³-hybridized carbons (Fsp3) is 0.214. The second kappa shape index (κ2) is 5.49. The number of methoxy groups -OCH3 is 1. The van der Waals surface area contributed by atoms with Crippen LogP contribution < -0.4 is 9.47 Å². The standard InChI is InChI=1S/C14H14FNO2/c1-10-3-4-16-14(5-10)18-9-11-6-12(15)8-13(7-11)17-2/h3-8H,9H2,1-2H3. The second-order valence-electron chi connectivity index (χ2n) is 3.96. The molecule has 0 fully saturated rings. The van der Waals surface area contributed by atoms with Gasteiger partial charge in [-0.2, -0.15) is 0 Å². The highest BCUT2D eigenvalue weighted by atomic mass is 19.1. The fourth-order valence-corrected chi connectivity index (χ4v) is 1.57. The molecule has 0 aliphatic carbocycles. The Hall–Kier alpha value is -2.10. The lowest BCUT2D eigenvalue weighted by Gasteiger charge is -2.07. The molecule has 0 saturated carbocycles. The van der Waals surface area contributed by atoms with Gasteiger partial charge in [0.2, 0.25) is 5.88 Å². The molecule has 2 rings (SSSR count). The molecule has 0 amide bonds. The number of pyridine rings is 1. The molecule has 0 unspecified atom stereocenters. The van der Waals surface area contributed by atoms with Crippen LogP contribution >= 0.6 is 0 Å². The molecule has 0 N–H and O–H groups in total. The first-order valence-corrected chi connectivity index (χ1v) is 5.56. The summed E-state index contributed by atoms with van der Waals surface area (Å²) in [7, 11) is 1.50. The number of benzene rings is 1. The van der Waals surface area contributed by atoms with Gasteiger partial charge in [-0.15, -0.1) is 0 Å². The van der Waals surface area contributed by atoms with Crippen molar-refractivity contribution in [3.8, 4) is 11.6 Å². The smallest absolute Gasteiger partial charge is 0.213 e. The summed E-state index contributed by atoms with van der Waals surface area (Å²) >= 11 is 0. The molecule has 1 aromatic heterocycles. The van der Waals surface area contributed by atoms with E-state index in [1.54, 1.807) is 12.3 Å². The fourth-order valence-electron chi connectivity index (χ4n) is 1.57. The zero-order valence-electron chi connectivity index (χ0n) is 10.3. The maximum atomic E-state index is 13.3. The van der Waals surface area contributed by atoms with Crippen LogP contribution in [0.2, 0.25) is 0 Å². The van der Waals surface area contributed by atoms with Crippen molar-refractivity contribution < 1.29 is 13.9 Å². The van der Waals surface area contributed by atoms with Gasteiger partial charge in [0.05, 0.1) is 7.11 Å². The molecular weight excluding hydrogens is 233 g/mol. The molecule has 3 nitrogen and oxygen atoms in total. The van der Waals surface area contributed by atoms with Crippen molar-refractivity contribution in [3.63, 3.8) is 0 Å². The van der Waals surface area contributed by atoms with E-state index in [2.05, 4.69) is 4.98 Å². The molecule has 0 spiro atoms. The SMILES string of the molecule is COc1cc(F)cc(COc2cc(C)ccn2)c1. The molecule has 2 aromatic rings. The minimum Gasteiger partial charge on any atom is -0.497 e. The van der Waals surface area contributed by atoms with Crippen molar-refractivity contribution in [2.75, 3.05) is 7.11 Å². The van der Waals surface area contributed by atoms with Crippen LogP contribution in [0.15, 0.2) is 36.5 Å². The van der Waals surface area contributed by atoms with Crippen LogP contribution in [0.3, 0.4) is 0 Å². The van der Waals surface area contributed by atoms with Gasteiger partial charge in [-0.05, 0) is 36.2 Å². The van der Waals surface area contributed by atoms with Gasteiger partial charge >= 0.3 is 0 Å². The van der Waals surface area contributed by atoms with E-state index in [1.165, 1.54) is 19.2 Å². The van der Waals surface area contributed by atoms with Crippen LogP contribution in [0.4, 0.5) is 4.39 Å². The number of hydrogen-bond acceptors (Lipinski definition) is 3. The summed E-state index contributed by atoms with van der Waals surface area (Å²) in [5, 5.41) is 0. The average Bonchev–Trinajstić information content (AvgIpc) is 2.36. The summed E-state index contributed by atoms with van der Waals surface area (Å²) in [4.78, 5) is 4.07. The molecule has 0 saturated heterocycles. The summed E-state index contributed by atoms with van der Waals surface area (Å²) in [6, 6.07) is 8.19. The van der Waals surface area contributed by atoms with Crippen LogP contribution in [0, 0.1) is 12.7 Å². The summed E-state index contributed by atoms with van der Waals surface area (Å²) in [5.41, 5.74) is 1.77. The summed E-state index contributed by atoms with van der Waals surface area (Å²) in [5.74, 6) is 0.661. The molecule has 0 radical (unpaired) electrons. The van der Waals surface area contributed by atoms with Gasteiger partial charge in [0.1, 0.15) is 18.2 Å². The highest BCUT2D eigenvalue weighted by molar-refractivity contribution is 5.29. The van der Waals surface area contributed by atoms with Crippen LogP contribution in [-0.4, -0.2) is 12.1 Å². The quantitative estimate of drug-likeness (QED) is 0.831. The van der Waals surface area contributed by atoms with Crippen LogP contribution in [0.1, 0.15) is 11.1 Å². The Balaban J connectivity index is 2.08. The van der Waals surface area contributed by atoms with E-state index in [0.717, 1.165) is 5.56 Å². The van der Waals surface area contributed by atoms with Crippen molar-refractivity contribution in [1.29, 1.82) is 0 Å². The number of aryl methyl sites for hydroxylation is 1. The van der Waals surface area contributed by atoms with Crippen molar-refractivity contribution in [2.24, 2.45) is 0 Å². The van der Waals surface area contributed by atoms with Crippen LogP contribution in [-0.2, 0) is 6.61 Å². The largest absolute Gasteiger partial charge is 0.497 e. The van der Waals surface area contributed by atoms with Crippen molar-refractivity contribution in [1.82, 2.24) is 4.98 Å². The molecule has 18 heavy (non-hydrogen) atoms. The Morgan fingerprint density at radius 1 is 1.22 bits per heavy atom. The summed E-state index contributed by atoms with van der Waals surface area (Å²) in [6.45, 7) is 2.21. The predicted molar refractivity (Wildman–Crippen MR) is 66.3 cm³/mol. The molecule has 0 aliphatic heterocycles. The van der Waals surface area contributed by atoms with Crippen molar-refractivity contribution in [3.05, 3.63) is 53.5 Å². The number of nitrogens with zero attached hydrogens (tertiary/aromatic N) is 1. The molecular formula is C14H14FNO2. The maximum absolute atomic E-state index is 13.3. The lowest BCUT2D eigenvalue weighted by atomic mass is 10.2. The molecule has 0 atom stereocenters. The molecule has 0 bridgehead atoms. The van der Waals surface area contributed by atoms with Gasteiger partial charge < -0.3 is 9.47 Å². The van der Waals surface area contributed by atoms with Crippen LogP contribution in [0.25, 0.3) is 0 Å². The topological polar surface area (TPSA) is 31.4 Å². The van der Waals surface area contributed by atoms with E-state index >= 15 is 0 Å². The maximum Gasteiger partial charge on any atom is 0.213 e. The Labute approximate surface area is 105 Å².